The van der Waals surface area contributed by atoms with Gasteiger partial charge in [0, 0.05) is 34.4 Å². The van der Waals surface area contributed by atoms with Crippen molar-refractivity contribution in [1.82, 2.24) is 10.2 Å². The Hall–Kier alpha value is -5.82. The van der Waals surface area contributed by atoms with E-state index in [9.17, 15) is 27.6 Å². The molecule has 4 N–H and O–H groups in total. The zero-order valence-electron chi connectivity index (χ0n) is 29.1. The van der Waals surface area contributed by atoms with Crippen LogP contribution in [0.25, 0.3) is 0 Å². The van der Waals surface area contributed by atoms with Crippen molar-refractivity contribution in [3.05, 3.63) is 127 Å². The Morgan fingerprint density at radius 2 is 1.57 bits per heavy atom. The Morgan fingerprint density at radius 1 is 0.922 bits per heavy atom. The smallest absolute Gasteiger partial charge is 0.366 e. The van der Waals surface area contributed by atoms with Crippen molar-refractivity contribution in [3.8, 4) is 0 Å². The monoisotopic (exact) mass is 706 g/mol. The number of benzene rings is 3. The second-order valence-corrected chi connectivity index (χ2v) is 10.6. The molecule has 272 valence electrons. The number of alkyl halides is 3. The summed E-state index contributed by atoms with van der Waals surface area (Å²) in [6, 6.07) is 15.8. The predicted octanol–water partition coefficient (Wildman–Crippen LogP) is 7.49. The number of hydrogen-bond donors (Lipinski definition) is 4. The number of aliphatic imine (C=N–C) groups is 1. The number of carbonyl (C=O) groups is 4. The summed E-state index contributed by atoms with van der Waals surface area (Å²) in [5.41, 5.74) is 1.84. The molecule has 0 atom stereocenters. The number of allylic oxidation sites excluding steroid dienone is 3. The molecule has 51 heavy (non-hydrogen) atoms. The van der Waals surface area contributed by atoms with Gasteiger partial charge in [0.25, 0.3) is 11.8 Å². The van der Waals surface area contributed by atoms with Crippen molar-refractivity contribution in [2.24, 2.45) is 4.99 Å². The molecule has 1 saturated heterocycles. The number of rotatable bonds is 11. The van der Waals surface area contributed by atoms with Crippen molar-refractivity contribution in [2.75, 3.05) is 42.8 Å². The van der Waals surface area contributed by atoms with Crippen LogP contribution in [0.3, 0.4) is 0 Å². The maximum Gasteiger partial charge on any atom is 0.416 e. The molecule has 4 rings (SSSR count). The lowest BCUT2D eigenvalue weighted by Gasteiger charge is -2.12. The standard InChI is InChI=1S/C28H26F3N5O3.C5H11N.C3H4O.C2H4/c1-3-21(15-32-16-33-22-8-5-9-23(13-22)34-17-37)35-27(39)25-14-24(11-10-18(25)2)36-26(38)19-6-4-7-20(12-19)28(29,30)31;1-6-4-2-3-5-6;1-2-3-4;1-2/h3-15,17,33H,16H2,1-2H3,(H,34,37)(H,35,39)(H,36,38);2-5H2,1H3;2-3H,1H2;1-2H2/b21-3+,32-15-;;;. The van der Waals surface area contributed by atoms with Crippen LogP contribution in [0.2, 0.25) is 0 Å². The Balaban J connectivity index is 0.000000927. The summed E-state index contributed by atoms with van der Waals surface area (Å²) in [4.78, 5) is 51.8. The third-order valence-corrected chi connectivity index (χ3v) is 6.88. The van der Waals surface area contributed by atoms with E-state index in [0.29, 0.717) is 29.6 Å². The molecule has 1 aliphatic heterocycles. The molecule has 13 heteroatoms. The van der Waals surface area contributed by atoms with Crippen LogP contribution >= 0.6 is 0 Å². The zero-order chi connectivity index (χ0) is 38.2. The highest BCUT2D eigenvalue weighted by molar-refractivity contribution is 6.06. The van der Waals surface area contributed by atoms with Gasteiger partial charge in [0.2, 0.25) is 6.41 Å². The normalized spacial score (nSPS) is 12.4. The third-order valence-electron chi connectivity index (χ3n) is 6.88. The number of hydrogen-bond acceptors (Lipinski definition) is 7. The molecule has 3 aromatic rings. The van der Waals surface area contributed by atoms with Gasteiger partial charge in [0.1, 0.15) is 13.0 Å². The molecule has 0 unspecified atom stereocenters. The summed E-state index contributed by atoms with van der Waals surface area (Å²) < 4.78 is 39.0. The Morgan fingerprint density at radius 3 is 2.14 bits per heavy atom. The fourth-order valence-electron chi connectivity index (χ4n) is 4.30. The highest BCUT2D eigenvalue weighted by Gasteiger charge is 2.31. The molecular formula is C38H45F3N6O4. The van der Waals surface area contributed by atoms with Gasteiger partial charge < -0.3 is 26.2 Å². The number of nitrogens with zero attached hydrogens (tertiary/aromatic N) is 2. The average molecular weight is 707 g/mol. The minimum absolute atomic E-state index is 0.163. The lowest BCUT2D eigenvalue weighted by Crippen LogP contribution is -2.24. The van der Waals surface area contributed by atoms with E-state index in [-0.39, 0.29) is 23.5 Å². The zero-order valence-corrected chi connectivity index (χ0v) is 29.1. The van der Waals surface area contributed by atoms with Crippen LogP contribution in [0.15, 0.2) is 109 Å². The molecule has 1 heterocycles. The highest BCUT2D eigenvalue weighted by Crippen LogP contribution is 2.29. The molecular weight excluding hydrogens is 661 g/mol. The summed E-state index contributed by atoms with van der Waals surface area (Å²) in [7, 11) is 2.17. The first-order valence-corrected chi connectivity index (χ1v) is 15.8. The van der Waals surface area contributed by atoms with Gasteiger partial charge in [-0.05, 0) is 107 Å². The summed E-state index contributed by atoms with van der Waals surface area (Å²) in [6.07, 6.45) is 3.81. The minimum Gasteiger partial charge on any atom is -0.366 e. The molecule has 0 aromatic heterocycles. The van der Waals surface area contributed by atoms with E-state index in [1.807, 2.05) is 6.07 Å². The molecule has 0 radical (unpaired) electrons. The summed E-state index contributed by atoms with van der Waals surface area (Å²) >= 11 is 0. The van der Waals surface area contributed by atoms with Gasteiger partial charge in [0.05, 0.1) is 11.3 Å². The van der Waals surface area contributed by atoms with Crippen LogP contribution in [0.4, 0.5) is 30.2 Å². The molecule has 0 aliphatic carbocycles. The van der Waals surface area contributed by atoms with Gasteiger partial charge in [0.15, 0.2) is 0 Å². The van der Waals surface area contributed by atoms with Crippen molar-refractivity contribution >= 4 is 47.8 Å². The molecule has 1 aliphatic rings. The summed E-state index contributed by atoms with van der Waals surface area (Å²) in [6.45, 7) is 15.4. The number of nitrogens with one attached hydrogen (secondary N) is 4. The third kappa shape index (κ3) is 16.4. The molecule has 0 spiro atoms. The number of anilines is 3. The van der Waals surface area contributed by atoms with Gasteiger partial charge in [-0.3, -0.25) is 24.2 Å². The van der Waals surface area contributed by atoms with E-state index in [1.165, 1.54) is 50.4 Å². The Bertz CT molecular complexity index is 1640. The van der Waals surface area contributed by atoms with Crippen LogP contribution in [0.5, 0.6) is 0 Å². The molecule has 0 saturated carbocycles. The first kappa shape index (κ1) is 43.2. The summed E-state index contributed by atoms with van der Waals surface area (Å²) in [5.74, 6) is -1.19. The van der Waals surface area contributed by atoms with Gasteiger partial charge in [-0.25, -0.2) is 0 Å². The predicted molar refractivity (Wildman–Crippen MR) is 199 cm³/mol. The van der Waals surface area contributed by atoms with Crippen molar-refractivity contribution in [3.63, 3.8) is 0 Å². The van der Waals surface area contributed by atoms with E-state index in [4.69, 9.17) is 4.79 Å². The number of aryl methyl sites for hydroxylation is 1. The Kier molecular flexibility index (Phi) is 19.9. The van der Waals surface area contributed by atoms with Crippen molar-refractivity contribution in [2.45, 2.75) is 32.9 Å². The fraction of sp³-hybridized carbons (Fsp3) is 0.237. The molecule has 3 aromatic carbocycles. The number of carbonyl (C=O) groups excluding carboxylic acids is 4. The van der Waals surface area contributed by atoms with Crippen LogP contribution in [0, 0.1) is 6.92 Å². The van der Waals surface area contributed by atoms with Crippen molar-refractivity contribution in [1.29, 1.82) is 0 Å². The second-order valence-electron chi connectivity index (χ2n) is 10.6. The lowest BCUT2D eigenvalue weighted by molar-refractivity contribution is -0.137. The quantitative estimate of drug-likeness (QED) is 0.0707. The SMILES string of the molecule is C/C=C(\C=N/CNc1cccc(NC=O)c1)NC(=O)c1cc(NC(=O)c2cccc(C(F)(F)F)c2)ccc1C.C=C.C=CC=O.CN1CCCC1. The number of aldehydes is 1. The van der Waals surface area contributed by atoms with Crippen molar-refractivity contribution < 1.29 is 32.3 Å². The van der Waals surface area contributed by atoms with E-state index in [0.717, 1.165) is 23.9 Å². The first-order valence-electron chi connectivity index (χ1n) is 15.8. The van der Waals surface area contributed by atoms with E-state index in [2.05, 4.69) is 57.9 Å². The fourth-order valence-corrected chi connectivity index (χ4v) is 4.30. The Labute approximate surface area is 297 Å². The minimum atomic E-state index is -4.57. The van der Waals surface area contributed by atoms with Gasteiger partial charge in [-0.1, -0.05) is 30.9 Å². The summed E-state index contributed by atoms with van der Waals surface area (Å²) in [5, 5.41) is 10.9. The van der Waals surface area contributed by atoms with Gasteiger partial charge in [-0.15, -0.1) is 13.2 Å². The van der Waals surface area contributed by atoms with Crippen LogP contribution in [-0.4, -0.2) is 62.4 Å². The number of amides is 3. The van der Waals surface area contributed by atoms with E-state index >= 15 is 0 Å². The number of halogens is 3. The highest BCUT2D eigenvalue weighted by atomic mass is 19.4. The average Bonchev–Trinajstić information content (AvgIpc) is 3.62. The maximum absolute atomic E-state index is 13.0. The molecule has 1 fully saturated rings. The van der Waals surface area contributed by atoms with Gasteiger partial charge >= 0.3 is 6.18 Å². The van der Waals surface area contributed by atoms with Crippen LogP contribution in [0.1, 0.15) is 51.6 Å². The van der Waals surface area contributed by atoms with Crippen LogP contribution in [-0.2, 0) is 15.8 Å². The van der Waals surface area contributed by atoms with E-state index in [1.54, 1.807) is 50.3 Å². The molecule has 3 amide bonds. The van der Waals surface area contributed by atoms with Crippen LogP contribution < -0.4 is 21.3 Å². The lowest BCUT2D eigenvalue weighted by atomic mass is 10.1. The molecule has 10 nitrogen and oxygen atoms in total. The maximum atomic E-state index is 13.0. The van der Waals surface area contributed by atoms with E-state index < -0.39 is 23.6 Å². The first-order chi connectivity index (χ1) is 24.4. The molecule has 0 bridgehead atoms. The topological polar surface area (TPSA) is 132 Å². The second kappa shape index (κ2) is 23.5. The largest absolute Gasteiger partial charge is 0.416 e. The van der Waals surface area contributed by atoms with Gasteiger partial charge in [-0.2, -0.15) is 13.2 Å². The number of likely N-dealkylation sites (tertiary alicyclic amines) is 1.